The van der Waals surface area contributed by atoms with Gasteiger partial charge in [-0.05, 0) is 34.1 Å². The van der Waals surface area contributed by atoms with Crippen LogP contribution in [-0.4, -0.2) is 47.6 Å². The summed E-state index contributed by atoms with van der Waals surface area (Å²) in [5, 5.41) is 5.61. The van der Waals surface area contributed by atoms with Gasteiger partial charge < -0.3 is 15.4 Å². The summed E-state index contributed by atoms with van der Waals surface area (Å²) in [5.41, 5.74) is -0.250. The summed E-state index contributed by atoms with van der Waals surface area (Å²) in [6.07, 6.45) is 0.731. The van der Waals surface area contributed by atoms with Gasteiger partial charge >= 0.3 is 0 Å². The zero-order valence-corrected chi connectivity index (χ0v) is 13.1. The van der Waals surface area contributed by atoms with E-state index in [9.17, 15) is 9.59 Å². The topological polar surface area (TPSA) is 67.4 Å². The molecule has 0 saturated carbocycles. The molecule has 1 heterocycles. The Hall–Kier alpha value is -0.750. The van der Waals surface area contributed by atoms with Crippen LogP contribution in [-0.2, 0) is 14.3 Å². The van der Waals surface area contributed by atoms with Crippen molar-refractivity contribution in [1.29, 1.82) is 0 Å². The lowest BCUT2D eigenvalue weighted by Crippen LogP contribution is -2.57. The van der Waals surface area contributed by atoms with Crippen LogP contribution in [0.3, 0.4) is 0 Å². The molecule has 0 bridgehead atoms. The highest BCUT2D eigenvalue weighted by Gasteiger charge is 2.37. The van der Waals surface area contributed by atoms with Crippen molar-refractivity contribution in [3.05, 3.63) is 0 Å². The maximum Gasteiger partial charge on any atom is 0.243 e. The van der Waals surface area contributed by atoms with E-state index in [0.717, 1.165) is 6.42 Å². The van der Waals surface area contributed by atoms with Crippen molar-refractivity contribution in [3.63, 3.8) is 0 Å². The van der Waals surface area contributed by atoms with E-state index in [0.29, 0.717) is 12.3 Å². The molecule has 1 saturated heterocycles. The Labute approximate surface area is 119 Å². The summed E-state index contributed by atoms with van der Waals surface area (Å²) in [6, 6.07) is -0.434. The minimum Gasteiger partial charge on any atom is -0.379 e. The Morgan fingerprint density at radius 2 is 2.21 bits per heavy atom. The van der Waals surface area contributed by atoms with Crippen molar-refractivity contribution >= 4 is 23.6 Å². The van der Waals surface area contributed by atoms with Gasteiger partial charge in [-0.25, -0.2) is 0 Å². The third kappa shape index (κ3) is 4.69. The summed E-state index contributed by atoms with van der Waals surface area (Å²) >= 11 is 1.51. The molecule has 0 spiro atoms. The first kappa shape index (κ1) is 16.3. The van der Waals surface area contributed by atoms with Gasteiger partial charge in [0.25, 0.3) is 0 Å². The zero-order valence-electron chi connectivity index (χ0n) is 12.3. The largest absolute Gasteiger partial charge is 0.379 e. The molecule has 0 aromatic rings. The van der Waals surface area contributed by atoms with E-state index in [2.05, 4.69) is 10.6 Å². The summed E-state index contributed by atoms with van der Waals surface area (Å²) in [6.45, 7) is 8.21. The minimum atomic E-state index is -0.450. The molecule has 0 aromatic heterocycles. The van der Waals surface area contributed by atoms with E-state index < -0.39 is 10.8 Å². The first-order valence-electron chi connectivity index (χ1n) is 6.46. The van der Waals surface area contributed by atoms with E-state index in [4.69, 9.17) is 4.74 Å². The zero-order chi connectivity index (χ0) is 14.7. The summed E-state index contributed by atoms with van der Waals surface area (Å²) < 4.78 is 4.83. The van der Waals surface area contributed by atoms with Crippen molar-refractivity contribution in [2.24, 2.45) is 0 Å². The van der Waals surface area contributed by atoms with Crippen molar-refractivity contribution in [2.45, 2.75) is 50.5 Å². The number of hydrogen-bond donors (Lipinski definition) is 2. The molecule has 1 fully saturated rings. The average Bonchev–Trinajstić information content (AvgIpc) is 2.32. The maximum absolute atomic E-state index is 11.9. The van der Waals surface area contributed by atoms with Crippen LogP contribution in [0.1, 0.15) is 34.1 Å². The highest BCUT2D eigenvalue weighted by Crippen LogP contribution is 2.28. The Kier molecular flexibility index (Phi) is 5.26. The molecule has 2 amide bonds. The maximum atomic E-state index is 11.9. The van der Waals surface area contributed by atoms with Crippen LogP contribution in [0.25, 0.3) is 0 Å². The first-order valence-corrected chi connectivity index (χ1v) is 7.44. The second-order valence-corrected chi connectivity index (χ2v) is 7.49. The highest BCUT2D eigenvalue weighted by atomic mass is 32.2. The lowest BCUT2D eigenvalue weighted by Gasteiger charge is -2.33. The molecular weight excluding hydrogens is 264 g/mol. The van der Waals surface area contributed by atoms with Crippen LogP contribution < -0.4 is 10.6 Å². The summed E-state index contributed by atoms with van der Waals surface area (Å²) in [7, 11) is 1.65. The van der Waals surface area contributed by atoms with Gasteiger partial charge in [0, 0.05) is 19.4 Å². The van der Waals surface area contributed by atoms with Crippen LogP contribution in [0.4, 0.5) is 0 Å². The number of rotatable bonds is 5. The summed E-state index contributed by atoms with van der Waals surface area (Å²) in [4.78, 5) is 23.7. The Bertz CT molecular complexity index is 356. The van der Waals surface area contributed by atoms with E-state index in [1.165, 1.54) is 11.8 Å². The number of ether oxygens (including phenoxy) is 1. The average molecular weight is 288 g/mol. The number of carbonyl (C=O) groups is 2. The van der Waals surface area contributed by atoms with Crippen molar-refractivity contribution < 1.29 is 14.3 Å². The predicted octanol–water partition coefficient (Wildman–Crippen LogP) is 0.928. The number of carbonyl (C=O) groups excluding carboxylic acids is 2. The molecule has 1 aliphatic heterocycles. The van der Waals surface area contributed by atoms with Crippen molar-refractivity contribution in [1.82, 2.24) is 10.6 Å². The quantitative estimate of drug-likeness (QED) is 0.790. The molecule has 1 aliphatic rings. The Morgan fingerprint density at radius 1 is 1.58 bits per heavy atom. The van der Waals surface area contributed by atoms with Gasteiger partial charge in [-0.3, -0.25) is 9.59 Å². The molecular formula is C13H24N2O3S. The monoisotopic (exact) mass is 288 g/mol. The van der Waals surface area contributed by atoms with Gasteiger partial charge in [0.15, 0.2) is 0 Å². The molecule has 110 valence electrons. The van der Waals surface area contributed by atoms with Crippen LogP contribution in [0, 0.1) is 0 Å². The lowest BCUT2D eigenvalue weighted by atomic mass is 10.1. The molecule has 1 atom stereocenters. The fourth-order valence-electron chi connectivity index (χ4n) is 1.58. The second kappa shape index (κ2) is 6.13. The number of thioether (sulfide) groups is 1. The second-order valence-electron chi connectivity index (χ2n) is 5.85. The molecule has 2 N–H and O–H groups in total. The predicted molar refractivity (Wildman–Crippen MR) is 77.2 cm³/mol. The lowest BCUT2D eigenvalue weighted by molar-refractivity contribution is -0.129. The fraction of sp³-hybridized carbons (Fsp3) is 0.846. The molecule has 5 nitrogen and oxygen atoms in total. The smallest absolute Gasteiger partial charge is 0.243 e. The molecule has 0 aromatic carbocycles. The molecule has 19 heavy (non-hydrogen) atoms. The number of methoxy groups -OCH3 is 1. The standard InChI is InChI=1S/C13H24N2O3S/c1-12(2,18-5)6-7-14-10(16)9-8-19-13(3,4)11(17)15-9/h9H,6-8H2,1-5H3,(H,14,16)(H,15,17). The van der Waals surface area contributed by atoms with E-state index in [1.54, 1.807) is 7.11 Å². The van der Waals surface area contributed by atoms with Crippen LogP contribution in [0.2, 0.25) is 0 Å². The third-order valence-electron chi connectivity index (χ3n) is 3.36. The highest BCUT2D eigenvalue weighted by molar-refractivity contribution is 8.01. The van der Waals surface area contributed by atoms with Gasteiger partial charge in [0.1, 0.15) is 6.04 Å². The summed E-state index contributed by atoms with van der Waals surface area (Å²) in [5.74, 6) is 0.405. The number of nitrogens with one attached hydrogen (secondary N) is 2. The molecule has 6 heteroatoms. The third-order valence-corrected chi connectivity index (χ3v) is 4.77. The number of amides is 2. The SMILES string of the molecule is COC(C)(C)CCNC(=O)C1CSC(C)(C)C(=O)N1. The van der Waals surface area contributed by atoms with Crippen LogP contribution in [0.5, 0.6) is 0 Å². The van der Waals surface area contributed by atoms with Gasteiger partial charge in [-0.1, -0.05) is 0 Å². The molecule has 0 aliphatic carbocycles. The van der Waals surface area contributed by atoms with Crippen LogP contribution >= 0.6 is 11.8 Å². The Morgan fingerprint density at radius 3 is 2.74 bits per heavy atom. The van der Waals surface area contributed by atoms with Crippen molar-refractivity contribution in [2.75, 3.05) is 19.4 Å². The fourth-order valence-corrected chi connectivity index (χ4v) is 2.59. The first-order chi connectivity index (χ1) is 8.68. The van der Waals surface area contributed by atoms with Gasteiger partial charge in [0.05, 0.1) is 10.3 Å². The number of hydrogen-bond acceptors (Lipinski definition) is 4. The van der Waals surface area contributed by atoms with Gasteiger partial charge in [0.2, 0.25) is 11.8 Å². The van der Waals surface area contributed by atoms with Crippen molar-refractivity contribution in [3.8, 4) is 0 Å². The van der Waals surface area contributed by atoms with E-state index in [-0.39, 0.29) is 17.4 Å². The molecule has 1 rings (SSSR count). The van der Waals surface area contributed by atoms with E-state index in [1.807, 2.05) is 27.7 Å². The van der Waals surface area contributed by atoms with Crippen LogP contribution in [0.15, 0.2) is 0 Å². The molecule has 0 radical (unpaired) electrons. The van der Waals surface area contributed by atoms with Gasteiger partial charge in [-0.2, -0.15) is 0 Å². The normalized spacial score (nSPS) is 22.8. The Balaban J connectivity index is 2.38. The minimum absolute atomic E-state index is 0.0823. The molecule has 1 unspecified atom stereocenters. The van der Waals surface area contributed by atoms with E-state index >= 15 is 0 Å². The van der Waals surface area contributed by atoms with Gasteiger partial charge in [-0.15, -0.1) is 11.8 Å².